The Bertz CT molecular complexity index is 602. The molecule has 0 heterocycles. The lowest BCUT2D eigenvalue weighted by molar-refractivity contribution is -0.138. The largest absolute Gasteiger partial charge is 0.416 e. The highest BCUT2D eigenvalue weighted by Crippen LogP contribution is 2.39. The van der Waals surface area contributed by atoms with E-state index in [2.05, 4.69) is 0 Å². The minimum absolute atomic E-state index is 0.0405. The highest BCUT2D eigenvalue weighted by Gasteiger charge is 2.40. The van der Waals surface area contributed by atoms with Crippen LogP contribution >= 0.6 is 0 Å². The Morgan fingerprint density at radius 1 is 1.30 bits per heavy atom. The quantitative estimate of drug-likeness (QED) is 0.888. The van der Waals surface area contributed by atoms with Gasteiger partial charge in [0, 0.05) is 0 Å². The van der Waals surface area contributed by atoms with Gasteiger partial charge in [0.1, 0.15) is 0 Å². The second kappa shape index (κ2) is 4.81. The van der Waals surface area contributed by atoms with Gasteiger partial charge < -0.3 is 5.73 Å². The maximum atomic E-state index is 13.0. The van der Waals surface area contributed by atoms with E-state index in [1.54, 1.807) is 24.3 Å². The summed E-state index contributed by atoms with van der Waals surface area (Å²) in [6, 6.07) is 3.84. The SMILES string of the molecule is Cc1c(C(F)(F)F)cccc1C1(C(N)=O)C=CC=CC1. The summed E-state index contributed by atoms with van der Waals surface area (Å²) >= 11 is 0. The van der Waals surface area contributed by atoms with Crippen LogP contribution in [-0.4, -0.2) is 5.91 Å². The fraction of sp³-hybridized carbons (Fsp3) is 0.267. The molecular formula is C15H14F3NO. The number of hydrogen-bond donors (Lipinski definition) is 1. The van der Waals surface area contributed by atoms with Gasteiger partial charge in [-0.2, -0.15) is 13.2 Å². The Hall–Kier alpha value is -2.04. The highest BCUT2D eigenvalue weighted by atomic mass is 19.4. The van der Waals surface area contributed by atoms with Crippen molar-refractivity contribution in [1.29, 1.82) is 0 Å². The number of allylic oxidation sites excluding steroid dienone is 3. The number of nitrogens with two attached hydrogens (primary N) is 1. The molecule has 1 aliphatic carbocycles. The van der Waals surface area contributed by atoms with Crippen LogP contribution in [0.25, 0.3) is 0 Å². The Morgan fingerprint density at radius 2 is 2.00 bits per heavy atom. The van der Waals surface area contributed by atoms with Gasteiger partial charge in [0.15, 0.2) is 0 Å². The Kier molecular flexibility index (Phi) is 3.46. The van der Waals surface area contributed by atoms with Crippen LogP contribution in [0.15, 0.2) is 42.5 Å². The van der Waals surface area contributed by atoms with Crippen molar-refractivity contribution in [3.63, 3.8) is 0 Å². The third-order valence-electron chi connectivity index (χ3n) is 3.63. The monoisotopic (exact) mass is 281 g/mol. The molecule has 0 bridgehead atoms. The van der Waals surface area contributed by atoms with Crippen LogP contribution in [0, 0.1) is 6.92 Å². The Morgan fingerprint density at radius 3 is 2.50 bits per heavy atom. The van der Waals surface area contributed by atoms with Gasteiger partial charge in [0.2, 0.25) is 5.91 Å². The fourth-order valence-electron chi connectivity index (χ4n) is 2.56. The van der Waals surface area contributed by atoms with Gasteiger partial charge in [0.25, 0.3) is 0 Å². The van der Waals surface area contributed by atoms with Crippen molar-refractivity contribution < 1.29 is 18.0 Å². The third kappa shape index (κ3) is 2.24. The number of rotatable bonds is 2. The summed E-state index contributed by atoms with van der Waals surface area (Å²) in [6.07, 6.45) is 2.48. The molecule has 2 nitrogen and oxygen atoms in total. The topological polar surface area (TPSA) is 43.1 Å². The maximum Gasteiger partial charge on any atom is 0.416 e. The molecular weight excluding hydrogens is 267 g/mol. The van der Waals surface area contributed by atoms with Crippen LogP contribution in [0.1, 0.15) is 23.1 Å². The molecule has 1 amide bonds. The predicted octanol–water partition coefficient (Wildman–Crippen LogP) is 3.25. The first kappa shape index (κ1) is 14.4. The molecule has 2 N–H and O–H groups in total. The van der Waals surface area contributed by atoms with Gasteiger partial charge in [-0.05, 0) is 30.5 Å². The number of halogens is 3. The molecule has 0 radical (unpaired) electrons. The van der Waals surface area contributed by atoms with Crippen molar-refractivity contribution in [3.05, 3.63) is 59.2 Å². The molecule has 0 spiro atoms. The van der Waals surface area contributed by atoms with E-state index in [4.69, 9.17) is 5.73 Å². The minimum atomic E-state index is -4.45. The van der Waals surface area contributed by atoms with Crippen molar-refractivity contribution in [2.24, 2.45) is 5.73 Å². The molecule has 20 heavy (non-hydrogen) atoms. The zero-order chi connectivity index (χ0) is 15.0. The van der Waals surface area contributed by atoms with Gasteiger partial charge in [-0.15, -0.1) is 0 Å². The average molecular weight is 281 g/mol. The van der Waals surface area contributed by atoms with Crippen LogP contribution in [0.3, 0.4) is 0 Å². The zero-order valence-electron chi connectivity index (χ0n) is 10.9. The second-order valence-corrected chi connectivity index (χ2v) is 4.80. The van der Waals surface area contributed by atoms with Crippen molar-refractivity contribution in [1.82, 2.24) is 0 Å². The molecule has 0 saturated heterocycles. The van der Waals surface area contributed by atoms with E-state index in [9.17, 15) is 18.0 Å². The fourth-order valence-corrected chi connectivity index (χ4v) is 2.56. The Labute approximate surface area is 114 Å². The summed E-state index contributed by atoms with van der Waals surface area (Å²) < 4.78 is 38.9. The van der Waals surface area contributed by atoms with Gasteiger partial charge >= 0.3 is 6.18 Å². The molecule has 1 aromatic rings. The standard InChI is InChI=1S/C15H14F3NO/c1-10-11(6-5-7-12(10)15(16,17)18)14(13(19)20)8-3-2-4-9-14/h2-8H,9H2,1H3,(H2,19,20). The number of carbonyl (C=O) groups is 1. The summed E-state index contributed by atoms with van der Waals surface area (Å²) in [5, 5.41) is 0. The number of primary amides is 1. The summed E-state index contributed by atoms with van der Waals surface area (Å²) in [4.78, 5) is 11.8. The molecule has 5 heteroatoms. The molecule has 0 aromatic heterocycles. The van der Waals surface area contributed by atoms with E-state index < -0.39 is 23.1 Å². The summed E-state index contributed by atoms with van der Waals surface area (Å²) in [7, 11) is 0. The normalized spacial score (nSPS) is 22.0. The molecule has 1 atom stereocenters. The summed E-state index contributed by atoms with van der Waals surface area (Å²) in [5.41, 5.74) is 3.86. The van der Waals surface area contributed by atoms with Crippen molar-refractivity contribution in [2.75, 3.05) is 0 Å². The van der Waals surface area contributed by atoms with Gasteiger partial charge in [-0.1, -0.05) is 36.4 Å². The maximum absolute atomic E-state index is 13.0. The zero-order valence-corrected chi connectivity index (χ0v) is 10.9. The third-order valence-corrected chi connectivity index (χ3v) is 3.63. The average Bonchev–Trinajstić information content (AvgIpc) is 2.38. The molecule has 2 rings (SSSR count). The number of benzene rings is 1. The number of carbonyl (C=O) groups excluding carboxylic acids is 1. The molecule has 0 aliphatic heterocycles. The van der Waals surface area contributed by atoms with Gasteiger partial charge in [0.05, 0.1) is 11.0 Å². The van der Waals surface area contributed by atoms with E-state index in [-0.39, 0.29) is 12.0 Å². The number of amides is 1. The predicted molar refractivity (Wildman–Crippen MR) is 70.0 cm³/mol. The molecule has 0 saturated carbocycles. The Balaban J connectivity index is 2.65. The van der Waals surface area contributed by atoms with Crippen LogP contribution in [0.4, 0.5) is 13.2 Å². The molecule has 1 aliphatic rings. The number of hydrogen-bond acceptors (Lipinski definition) is 1. The van der Waals surface area contributed by atoms with E-state index in [1.807, 2.05) is 0 Å². The van der Waals surface area contributed by atoms with Crippen molar-refractivity contribution >= 4 is 5.91 Å². The smallest absolute Gasteiger partial charge is 0.369 e. The van der Waals surface area contributed by atoms with Crippen LogP contribution in [-0.2, 0) is 16.4 Å². The lowest BCUT2D eigenvalue weighted by atomic mass is 9.72. The van der Waals surface area contributed by atoms with Crippen LogP contribution < -0.4 is 5.73 Å². The van der Waals surface area contributed by atoms with Crippen LogP contribution in [0.5, 0.6) is 0 Å². The molecule has 0 fully saturated rings. The van der Waals surface area contributed by atoms with E-state index in [0.717, 1.165) is 6.07 Å². The summed E-state index contributed by atoms with van der Waals surface area (Å²) in [6.45, 7) is 1.37. The minimum Gasteiger partial charge on any atom is -0.369 e. The lowest BCUT2D eigenvalue weighted by Gasteiger charge is -2.30. The van der Waals surface area contributed by atoms with E-state index >= 15 is 0 Å². The van der Waals surface area contributed by atoms with Crippen LogP contribution in [0.2, 0.25) is 0 Å². The summed E-state index contributed by atoms with van der Waals surface area (Å²) in [5.74, 6) is -0.652. The number of alkyl halides is 3. The van der Waals surface area contributed by atoms with Gasteiger partial charge in [-0.25, -0.2) is 0 Å². The second-order valence-electron chi connectivity index (χ2n) is 4.80. The highest BCUT2D eigenvalue weighted by molar-refractivity contribution is 5.90. The van der Waals surface area contributed by atoms with E-state index in [1.165, 1.54) is 19.1 Å². The lowest BCUT2D eigenvalue weighted by Crippen LogP contribution is -2.40. The molecule has 1 aromatic carbocycles. The first-order valence-corrected chi connectivity index (χ1v) is 6.10. The van der Waals surface area contributed by atoms with Crippen molar-refractivity contribution in [2.45, 2.75) is 24.9 Å². The molecule has 1 unspecified atom stereocenters. The first-order chi connectivity index (χ1) is 9.29. The first-order valence-electron chi connectivity index (χ1n) is 6.10. The van der Waals surface area contributed by atoms with Gasteiger partial charge in [-0.3, -0.25) is 4.79 Å². The van der Waals surface area contributed by atoms with Crippen molar-refractivity contribution in [3.8, 4) is 0 Å². The van der Waals surface area contributed by atoms with E-state index in [0.29, 0.717) is 5.56 Å². The molecule has 106 valence electrons.